The van der Waals surface area contributed by atoms with Crippen molar-refractivity contribution < 1.29 is 9.53 Å². The molecule has 0 unspecified atom stereocenters. The number of nitrogens with zero attached hydrogens (tertiary/aromatic N) is 2. The van der Waals surface area contributed by atoms with Gasteiger partial charge in [-0.25, -0.2) is 4.98 Å². The molecule has 5 heteroatoms. The summed E-state index contributed by atoms with van der Waals surface area (Å²) < 4.78 is 7.58. The number of nitrogens with two attached hydrogens (primary N) is 1. The van der Waals surface area contributed by atoms with Crippen LogP contribution in [0.25, 0.3) is 11.4 Å². The van der Waals surface area contributed by atoms with E-state index in [1.54, 1.807) is 6.20 Å². The molecule has 2 aromatic rings. The molecule has 92 valence electrons. The fourth-order valence-corrected chi connectivity index (χ4v) is 2.12. The molecule has 0 atom stereocenters. The van der Waals surface area contributed by atoms with Gasteiger partial charge in [-0.3, -0.25) is 4.79 Å². The van der Waals surface area contributed by atoms with Gasteiger partial charge in [0.2, 0.25) is 0 Å². The molecule has 0 bridgehead atoms. The smallest absolute Gasteiger partial charge is 0.268 e. The zero-order valence-electron chi connectivity index (χ0n) is 10.0. The van der Waals surface area contributed by atoms with Crippen molar-refractivity contribution in [3.8, 4) is 17.1 Å². The summed E-state index contributed by atoms with van der Waals surface area (Å²) in [4.78, 5) is 15.5. The molecule has 1 aromatic heterocycles. The van der Waals surface area contributed by atoms with Gasteiger partial charge in [-0.15, -0.1) is 0 Å². The largest absolute Gasteiger partial charge is 0.491 e. The van der Waals surface area contributed by atoms with Crippen LogP contribution in [0.1, 0.15) is 16.1 Å². The van der Waals surface area contributed by atoms with Crippen LogP contribution in [0.4, 0.5) is 0 Å². The number of imidazole rings is 1. The van der Waals surface area contributed by atoms with E-state index in [0.717, 1.165) is 22.7 Å². The van der Waals surface area contributed by atoms with Crippen molar-refractivity contribution >= 4 is 5.91 Å². The van der Waals surface area contributed by atoms with Gasteiger partial charge in [0, 0.05) is 6.20 Å². The van der Waals surface area contributed by atoms with Crippen molar-refractivity contribution in [3.05, 3.63) is 35.7 Å². The number of ether oxygens (including phenoxy) is 1. The third-order valence-corrected chi connectivity index (χ3v) is 2.99. The second-order valence-corrected chi connectivity index (χ2v) is 4.36. The first-order valence-corrected chi connectivity index (χ1v) is 5.76. The number of carbonyl (C=O) groups is 1. The Kier molecular flexibility index (Phi) is 2.33. The molecule has 1 amide bonds. The molecule has 3 rings (SSSR count). The summed E-state index contributed by atoms with van der Waals surface area (Å²) in [7, 11) is 0. The topological polar surface area (TPSA) is 70.1 Å². The Hall–Kier alpha value is -2.30. The molecule has 1 aliphatic heterocycles. The van der Waals surface area contributed by atoms with E-state index >= 15 is 0 Å². The minimum Gasteiger partial charge on any atom is -0.491 e. The van der Waals surface area contributed by atoms with Crippen LogP contribution in [0, 0.1) is 6.92 Å². The van der Waals surface area contributed by atoms with Crippen LogP contribution in [0.15, 0.2) is 24.4 Å². The molecule has 0 saturated carbocycles. The fraction of sp³-hybridized carbons (Fsp3) is 0.231. The minimum atomic E-state index is -0.509. The standard InChI is InChI=1S/C13H13N3O2/c1-8-2-3-11-9(6-8)13-15-10(12(14)17)7-16(13)4-5-18-11/h2-3,6-7H,4-5H2,1H3,(H2,14,17). The Bertz CT molecular complexity index is 631. The average Bonchev–Trinajstić information content (AvgIpc) is 2.68. The minimum absolute atomic E-state index is 0.291. The molecule has 0 aliphatic carbocycles. The van der Waals surface area contributed by atoms with Crippen molar-refractivity contribution in [2.75, 3.05) is 6.61 Å². The summed E-state index contributed by atoms with van der Waals surface area (Å²) in [6.07, 6.45) is 1.68. The lowest BCUT2D eigenvalue weighted by molar-refractivity contribution is 0.0996. The van der Waals surface area contributed by atoms with Crippen LogP contribution >= 0.6 is 0 Å². The number of hydrogen-bond acceptors (Lipinski definition) is 3. The van der Waals surface area contributed by atoms with Gasteiger partial charge in [0.25, 0.3) is 5.91 Å². The highest BCUT2D eigenvalue weighted by Gasteiger charge is 2.19. The summed E-state index contributed by atoms with van der Waals surface area (Å²) in [6.45, 7) is 3.22. The van der Waals surface area contributed by atoms with Gasteiger partial charge < -0.3 is 15.0 Å². The fourth-order valence-electron chi connectivity index (χ4n) is 2.12. The molecule has 0 spiro atoms. The average molecular weight is 243 g/mol. The molecule has 18 heavy (non-hydrogen) atoms. The molecular formula is C13H13N3O2. The normalized spacial score (nSPS) is 13.2. The van der Waals surface area contributed by atoms with Crippen molar-refractivity contribution in [2.24, 2.45) is 5.73 Å². The Labute approximate surface area is 104 Å². The van der Waals surface area contributed by atoms with E-state index in [9.17, 15) is 4.79 Å². The first kappa shape index (κ1) is 10.8. The van der Waals surface area contributed by atoms with Crippen molar-refractivity contribution in [1.82, 2.24) is 9.55 Å². The van der Waals surface area contributed by atoms with Gasteiger partial charge in [-0.05, 0) is 19.1 Å². The zero-order chi connectivity index (χ0) is 12.7. The SMILES string of the molecule is Cc1ccc2c(c1)-c1nc(C(N)=O)cn1CCO2. The predicted octanol–water partition coefficient (Wildman–Crippen LogP) is 1.35. The number of rotatable bonds is 1. The summed E-state index contributed by atoms with van der Waals surface area (Å²) in [5, 5.41) is 0. The van der Waals surface area contributed by atoms with Crippen molar-refractivity contribution in [1.29, 1.82) is 0 Å². The van der Waals surface area contributed by atoms with E-state index in [1.807, 2.05) is 29.7 Å². The predicted molar refractivity (Wildman–Crippen MR) is 66.4 cm³/mol. The van der Waals surface area contributed by atoms with E-state index in [2.05, 4.69) is 4.98 Å². The molecule has 0 fully saturated rings. The van der Waals surface area contributed by atoms with Gasteiger partial charge in [-0.1, -0.05) is 11.6 Å². The number of aryl methyl sites for hydroxylation is 1. The zero-order valence-corrected chi connectivity index (χ0v) is 10.0. The quantitative estimate of drug-likeness (QED) is 0.821. The molecule has 0 radical (unpaired) electrons. The van der Waals surface area contributed by atoms with E-state index in [1.165, 1.54) is 0 Å². The summed E-state index contributed by atoms with van der Waals surface area (Å²) >= 11 is 0. The number of carbonyl (C=O) groups excluding carboxylic acids is 1. The Morgan fingerprint density at radius 2 is 2.33 bits per heavy atom. The van der Waals surface area contributed by atoms with Crippen LogP contribution < -0.4 is 10.5 Å². The maximum Gasteiger partial charge on any atom is 0.268 e. The highest BCUT2D eigenvalue weighted by Crippen LogP contribution is 2.32. The third kappa shape index (κ3) is 1.64. The molecule has 2 heterocycles. The maximum atomic E-state index is 11.2. The Balaban J connectivity index is 2.22. The Morgan fingerprint density at radius 1 is 1.50 bits per heavy atom. The number of fused-ring (bicyclic) bond motifs is 3. The first-order valence-electron chi connectivity index (χ1n) is 5.76. The highest BCUT2D eigenvalue weighted by molar-refractivity contribution is 5.91. The molecule has 1 aliphatic rings. The second-order valence-electron chi connectivity index (χ2n) is 4.36. The van der Waals surface area contributed by atoms with Crippen molar-refractivity contribution in [2.45, 2.75) is 13.5 Å². The molecule has 1 aromatic carbocycles. The Morgan fingerprint density at radius 3 is 3.11 bits per heavy atom. The monoisotopic (exact) mass is 243 g/mol. The van der Waals surface area contributed by atoms with Crippen LogP contribution in [0.3, 0.4) is 0 Å². The van der Waals surface area contributed by atoms with Crippen LogP contribution in [0.5, 0.6) is 5.75 Å². The van der Waals surface area contributed by atoms with Gasteiger partial charge in [-0.2, -0.15) is 0 Å². The van der Waals surface area contributed by atoms with Gasteiger partial charge in [0.15, 0.2) is 0 Å². The third-order valence-electron chi connectivity index (χ3n) is 2.99. The summed E-state index contributed by atoms with van der Waals surface area (Å²) in [5.74, 6) is 1.02. The lowest BCUT2D eigenvalue weighted by atomic mass is 10.1. The summed E-state index contributed by atoms with van der Waals surface area (Å²) in [5.41, 5.74) is 7.58. The molecular weight excluding hydrogens is 230 g/mol. The number of primary amides is 1. The lowest BCUT2D eigenvalue weighted by Crippen LogP contribution is -2.11. The maximum absolute atomic E-state index is 11.2. The number of benzene rings is 1. The number of aromatic nitrogens is 2. The van der Waals surface area contributed by atoms with E-state index < -0.39 is 5.91 Å². The number of hydrogen-bond donors (Lipinski definition) is 1. The molecule has 2 N–H and O–H groups in total. The molecule has 0 saturated heterocycles. The van der Waals surface area contributed by atoms with E-state index in [4.69, 9.17) is 10.5 Å². The van der Waals surface area contributed by atoms with Gasteiger partial charge >= 0.3 is 0 Å². The van der Waals surface area contributed by atoms with Crippen LogP contribution in [-0.4, -0.2) is 22.1 Å². The van der Waals surface area contributed by atoms with Crippen LogP contribution in [-0.2, 0) is 6.54 Å². The van der Waals surface area contributed by atoms with E-state index in [-0.39, 0.29) is 0 Å². The van der Waals surface area contributed by atoms with Gasteiger partial charge in [0.05, 0.1) is 12.1 Å². The van der Waals surface area contributed by atoms with Crippen molar-refractivity contribution in [3.63, 3.8) is 0 Å². The first-order chi connectivity index (χ1) is 8.65. The summed E-state index contributed by atoms with van der Waals surface area (Å²) in [6, 6.07) is 5.93. The highest BCUT2D eigenvalue weighted by atomic mass is 16.5. The van der Waals surface area contributed by atoms with E-state index in [0.29, 0.717) is 18.8 Å². The number of amides is 1. The van der Waals surface area contributed by atoms with Crippen LogP contribution in [0.2, 0.25) is 0 Å². The van der Waals surface area contributed by atoms with Gasteiger partial charge in [0.1, 0.15) is 23.9 Å². The second kappa shape index (κ2) is 3.87. The lowest BCUT2D eigenvalue weighted by Gasteiger charge is -2.06. The molecule has 5 nitrogen and oxygen atoms in total.